The van der Waals surface area contributed by atoms with Crippen molar-refractivity contribution >= 4 is 23.0 Å². The summed E-state index contributed by atoms with van der Waals surface area (Å²) in [7, 11) is 0. The van der Waals surface area contributed by atoms with Gasteiger partial charge < -0.3 is 5.73 Å². The lowest BCUT2D eigenvalue weighted by Gasteiger charge is -2.18. The summed E-state index contributed by atoms with van der Waals surface area (Å²) >= 11 is 5.81. The first-order chi connectivity index (χ1) is 7.16. The molecule has 1 aromatic heterocycles. The van der Waals surface area contributed by atoms with Crippen LogP contribution in [0.25, 0.3) is 5.57 Å². The molecule has 0 radical (unpaired) electrons. The van der Waals surface area contributed by atoms with Crippen LogP contribution in [0.4, 0.5) is 5.82 Å². The molecule has 0 bridgehead atoms. The van der Waals surface area contributed by atoms with Crippen molar-refractivity contribution in [3.63, 3.8) is 0 Å². The summed E-state index contributed by atoms with van der Waals surface area (Å²) in [5, 5.41) is 7.94. The van der Waals surface area contributed by atoms with Gasteiger partial charge in [0.2, 0.25) is 0 Å². The molecule has 80 valence electrons. The SMILES string of the molecule is CC1CC=C(c2cc(Cl)nnc2N)CC1. The second kappa shape index (κ2) is 4.19. The predicted octanol–water partition coefficient (Wildman–Crippen LogP) is 2.92. The van der Waals surface area contributed by atoms with Crippen molar-refractivity contribution < 1.29 is 0 Å². The summed E-state index contributed by atoms with van der Waals surface area (Å²) in [6, 6.07) is 1.80. The first-order valence-electron chi connectivity index (χ1n) is 5.15. The predicted molar refractivity (Wildman–Crippen MR) is 62.4 cm³/mol. The number of aromatic nitrogens is 2. The molecule has 3 nitrogen and oxygen atoms in total. The van der Waals surface area contributed by atoms with Crippen LogP contribution in [0.15, 0.2) is 12.1 Å². The van der Waals surface area contributed by atoms with Crippen LogP contribution in [0.1, 0.15) is 31.7 Å². The molecule has 0 spiro atoms. The molecular formula is C11H14ClN3. The molecule has 1 aliphatic rings. The fraction of sp³-hybridized carbons (Fsp3) is 0.455. The molecule has 0 fully saturated rings. The highest BCUT2D eigenvalue weighted by molar-refractivity contribution is 6.29. The van der Waals surface area contributed by atoms with Crippen molar-refractivity contribution in [3.8, 4) is 0 Å². The van der Waals surface area contributed by atoms with E-state index < -0.39 is 0 Å². The number of rotatable bonds is 1. The van der Waals surface area contributed by atoms with Gasteiger partial charge in [0, 0.05) is 5.56 Å². The van der Waals surface area contributed by atoms with Gasteiger partial charge in [0.15, 0.2) is 11.0 Å². The van der Waals surface area contributed by atoms with Gasteiger partial charge in [-0.15, -0.1) is 10.2 Å². The highest BCUT2D eigenvalue weighted by Gasteiger charge is 2.14. The van der Waals surface area contributed by atoms with E-state index in [4.69, 9.17) is 17.3 Å². The van der Waals surface area contributed by atoms with Crippen molar-refractivity contribution in [1.82, 2.24) is 10.2 Å². The number of nitrogens with two attached hydrogens (primary N) is 1. The van der Waals surface area contributed by atoms with Crippen LogP contribution in [-0.4, -0.2) is 10.2 Å². The van der Waals surface area contributed by atoms with E-state index in [-0.39, 0.29) is 0 Å². The maximum atomic E-state index is 5.81. The summed E-state index contributed by atoms with van der Waals surface area (Å²) in [6.45, 7) is 2.26. The van der Waals surface area contributed by atoms with Crippen LogP contribution >= 0.6 is 11.6 Å². The summed E-state index contributed by atoms with van der Waals surface area (Å²) in [5.74, 6) is 1.24. The fourth-order valence-corrected chi connectivity index (χ4v) is 1.99. The Morgan fingerprint density at radius 3 is 2.93 bits per heavy atom. The van der Waals surface area contributed by atoms with Gasteiger partial charge in [-0.2, -0.15) is 0 Å². The molecule has 1 unspecified atom stereocenters. The van der Waals surface area contributed by atoms with E-state index in [0.29, 0.717) is 11.0 Å². The lowest BCUT2D eigenvalue weighted by atomic mass is 9.88. The molecule has 0 aromatic carbocycles. The monoisotopic (exact) mass is 223 g/mol. The highest BCUT2D eigenvalue weighted by Crippen LogP contribution is 2.32. The van der Waals surface area contributed by atoms with Gasteiger partial charge >= 0.3 is 0 Å². The first kappa shape index (κ1) is 10.4. The molecular weight excluding hydrogens is 210 g/mol. The van der Waals surface area contributed by atoms with Gasteiger partial charge in [0.1, 0.15) is 0 Å². The zero-order chi connectivity index (χ0) is 10.8. The van der Waals surface area contributed by atoms with Crippen LogP contribution in [0, 0.1) is 5.92 Å². The first-order valence-corrected chi connectivity index (χ1v) is 5.52. The minimum atomic E-state index is 0.402. The molecule has 15 heavy (non-hydrogen) atoms. The van der Waals surface area contributed by atoms with Crippen molar-refractivity contribution in [2.75, 3.05) is 5.73 Å². The third-order valence-electron chi connectivity index (χ3n) is 2.81. The Hall–Kier alpha value is -1.09. The summed E-state index contributed by atoms with van der Waals surface area (Å²) in [5.41, 5.74) is 7.98. The van der Waals surface area contributed by atoms with Crippen molar-refractivity contribution in [3.05, 3.63) is 22.9 Å². The van der Waals surface area contributed by atoms with Gasteiger partial charge in [-0.3, -0.25) is 0 Å². The number of anilines is 1. The van der Waals surface area contributed by atoms with Crippen LogP contribution in [0.2, 0.25) is 5.15 Å². The summed E-state index contributed by atoms with van der Waals surface area (Å²) in [6.07, 6.45) is 5.59. The van der Waals surface area contributed by atoms with Gasteiger partial charge in [0.25, 0.3) is 0 Å². The van der Waals surface area contributed by atoms with Gasteiger partial charge in [0.05, 0.1) is 0 Å². The quantitative estimate of drug-likeness (QED) is 0.797. The van der Waals surface area contributed by atoms with Crippen molar-refractivity contribution in [2.45, 2.75) is 26.2 Å². The third kappa shape index (κ3) is 2.29. The number of nitrogens with zero attached hydrogens (tertiary/aromatic N) is 2. The minimum Gasteiger partial charge on any atom is -0.382 e. The molecule has 0 saturated carbocycles. The fourth-order valence-electron chi connectivity index (χ4n) is 1.84. The van der Waals surface area contributed by atoms with Crippen LogP contribution in [-0.2, 0) is 0 Å². The van der Waals surface area contributed by atoms with E-state index >= 15 is 0 Å². The number of halogens is 1. The smallest absolute Gasteiger partial charge is 0.153 e. The Morgan fingerprint density at radius 1 is 1.47 bits per heavy atom. The standard InChI is InChI=1S/C11H14ClN3/c1-7-2-4-8(5-3-7)9-6-10(12)14-15-11(9)13/h4,6-7H,2-3,5H2,1H3,(H2,13,15). The maximum absolute atomic E-state index is 5.81. The summed E-state index contributed by atoms with van der Waals surface area (Å²) in [4.78, 5) is 0. The Labute approximate surface area is 94.3 Å². The average molecular weight is 224 g/mol. The second-order valence-electron chi connectivity index (χ2n) is 4.07. The van der Waals surface area contributed by atoms with Gasteiger partial charge in [-0.25, -0.2) is 0 Å². The Balaban J connectivity index is 2.33. The minimum absolute atomic E-state index is 0.402. The number of hydrogen-bond donors (Lipinski definition) is 1. The summed E-state index contributed by atoms with van der Waals surface area (Å²) < 4.78 is 0. The zero-order valence-electron chi connectivity index (χ0n) is 8.70. The molecule has 2 N–H and O–H groups in total. The molecule has 0 saturated heterocycles. The topological polar surface area (TPSA) is 51.8 Å². The van der Waals surface area contributed by atoms with Gasteiger partial charge in [-0.05, 0) is 36.8 Å². The zero-order valence-corrected chi connectivity index (χ0v) is 9.46. The third-order valence-corrected chi connectivity index (χ3v) is 3.00. The average Bonchev–Trinajstić information content (AvgIpc) is 2.23. The number of allylic oxidation sites excluding steroid dienone is 2. The normalized spacial score (nSPS) is 21.2. The molecule has 1 atom stereocenters. The lowest BCUT2D eigenvalue weighted by Crippen LogP contribution is -2.05. The van der Waals surface area contributed by atoms with E-state index in [1.54, 1.807) is 6.07 Å². The molecule has 1 heterocycles. The number of hydrogen-bond acceptors (Lipinski definition) is 3. The van der Waals surface area contributed by atoms with E-state index in [9.17, 15) is 0 Å². The van der Waals surface area contributed by atoms with E-state index in [2.05, 4.69) is 23.2 Å². The molecule has 4 heteroatoms. The van der Waals surface area contributed by atoms with E-state index in [1.807, 2.05) is 0 Å². The molecule has 0 aliphatic heterocycles. The van der Waals surface area contributed by atoms with Crippen LogP contribution in [0.3, 0.4) is 0 Å². The van der Waals surface area contributed by atoms with Crippen molar-refractivity contribution in [2.24, 2.45) is 5.92 Å². The molecule has 0 amide bonds. The molecule has 1 aromatic rings. The van der Waals surface area contributed by atoms with Gasteiger partial charge in [-0.1, -0.05) is 24.6 Å². The Morgan fingerprint density at radius 2 is 2.27 bits per heavy atom. The number of nitrogen functional groups attached to an aromatic ring is 1. The molecule has 1 aliphatic carbocycles. The van der Waals surface area contributed by atoms with Crippen LogP contribution in [0.5, 0.6) is 0 Å². The van der Waals surface area contributed by atoms with E-state index in [1.165, 1.54) is 12.0 Å². The molecule has 2 rings (SSSR count). The maximum Gasteiger partial charge on any atom is 0.153 e. The Kier molecular flexibility index (Phi) is 2.91. The van der Waals surface area contributed by atoms with Crippen molar-refractivity contribution in [1.29, 1.82) is 0 Å². The lowest BCUT2D eigenvalue weighted by molar-refractivity contribution is 0.534. The van der Waals surface area contributed by atoms with E-state index in [0.717, 1.165) is 24.3 Å². The highest BCUT2D eigenvalue weighted by atomic mass is 35.5. The largest absolute Gasteiger partial charge is 0.382 e. The second-order valence-corrected chi connectivity index (χ2v) is 4.46. The Bertz CT molecular complexity index is 401. The van der Waals surface area contributed by atoms with Crippen LogP contribution < -0.4 is 5.73 Å².